The molecule has 0 amide bonds. The van der Waals surface area contributed by atoms with Crippen LogP contribution in [0, 0.1) is 10.2 Å². The first-order valence-electron chi connectivity index (χ1n) is 7.02. The molecule has 0 saturated carbocycles. The molecule has 1 aliphatic rings. The Bertz CT molecular complexity index is 676. The second-order valence-electron chi connectivity index (χ2n) is 6.22. The Morgan fingerprint density at radius 3 is 1.30 bits per heavy atom. The summed E-state index contributed by atoms with van der Waals surface area (Å²) in [7, 11) is -4.94. The van der Waals surface area contributed by atoms with Crippen LogP contribution in [0.3, 0.4) is 0 Å². The Balaban J connectivity index is 0.000000338. The average Bonchev–Trinajstić information content (AvgIpc) is 2.71. The highest BCUT2D eigenvalue weighted by atomic mass is 35.7. The monoisotopic (exact) mass is 335 g/mol. The van der Waals surface area contributed by atoms with Gasteiger partial charge >= 0.3 is 0 Å². The highest BCUT2D eigenvalue weighted by molar-refractivity contribution is 6.21. The third-order valence-corrected chi connectivity index (χ3v) is 3.18. The normalized spacial score (nSPS) is 12.9. The van der Waals surface area contributed by atoms with Gasteiger partial charge < -0.3 is 0 Å². The van der Waals surface area contributed by atoms with Gasteiger partial charge in [-0.05, 0) is 44.0 Å². The summed E-state index contributed by atoms with van der Waals surface area (Å²) in [4.78, 5) is 3.65. The molecule has 3 rings (SSSR count). The first-order chi connectivity index (χ1) is 10.6. The number of hydrogen-bond donors (Lipinski definition) is 1. The molecule has 0 fully saturated rings. The number of nitrogens with one attached hydrogen (secondary N) is 1. The van der Waals surface area contributed by atoms with Crippen LogP contribution in [0.15, 0.2) is 48.5 Å². The first kappa shape index (κ1) is 17.6. The zero-order valence-corrected chi connectivity index (χ0v) is 13.9. The van der Waals surface area contributed by atoms with Crippen LogP contribution in [0.1, 0.15) is 31.9 Å². The van der Waals surface area contributed by atoms with Gasteiger partial charge in [0.25, 0.3) is 0 Å². The number of fused-ring (bicyclic) bond motifs is 3. The molecule has 5 nitrogen and oxygen atoms in total. The maximum absolute atomic E-state index is 8.49. The van der Waals surface area contributed by atoms with Gasteiger partial charge in [0, 0.05) is 0 Å². The predicted molar refractivity (Wildman–Crippen MR) is 75.8 cm³/mol. The van der Waals surface area contributed by atoms with Crippen molar-refractivity contribution in [2.75, 3.05) is 0 Å². The predicted octanol–water partition coefficient (Wildman–Crippen LogP) is -2.37. The Labute approximate surface area is 137 Å². The van der Waals surface area contributed by atoms with Crippen molar-refractivity contribution < 1.29 is 33.9 Å². The van der Waals surface area contributed by atoms with Crippen molar-refractivity contribution in [3.63, 3.8) is 0 Å². The lowest BCUT2D eigenvalue weighted by Gasteiger charge is -2.17. The summed E-state index contributed by atoms with van der Waals surface area (Å²) in [6.45, 7) is 6.59. The van der Waals surface area contributed by atoms with Crippen LogP contribution in [-0.4, -0.2) is 11.3 Å². The van der Waals surface area contributed by atoms with Gasteiger partial charge in [0.15, 0.2) is 5.54 Å². The van der Waals surface area contributed by atoms with E-state index in [1.165, 1.54) is 28.0 Å². The van der Waals surface area contributed by atoms with Gasteiger partial charge in [0.05, 0.1) is 11.1 Å². The molecule has 0 atom stereocenters. The van der Waals surface area contributed by atoms with E-state index < -0.39 is 10.2 Å². The molecular weight excluding hydrogens is 318 g/mol. The van der Waals surface area contributed by atoms with Crippen LogP contribution in [0.5, 0.6) is 0 Å². The lowest BCUT2D eigenvalue weighted by Crippen LogP contribution is -2.84. The van der Waals surface area contributed by atoms with Crippen LogP contribution < -0.4 is 23.6 Å². The van der Waals surface area contributed by atoms with Gasteiger partial charge in [-0.25, -0.2) is 23.6 Å². The zero-order valence-electron chi connectivity index (χ0n) is 13.1. The van der Waals surface area contributed by atoms with Crippen LogP contribution >= 0.6 is 0 Å². The van der Waals surface area contributed by atoms with Crippen molar-refractivity contribution in [3.8, 4) is 11.1 Å². The number of rotatable bonds is 0. The molecule has 1 aliphatic carbocycles. The molecular formula is C17H18ClNO4. The lowest BCUT2D eigenvalue weighted by molar-refractivity contribution is -2.00. The second kappa shape index (κ2) is 6.39. The minimum absolute atomic E-state index is 0.0693. The van der Waals surface area contributed by atoms with E-state index in [4.69, 9.17) is 18.6 Å². The SMILES string of the molecule is CC(C)(C)[NH+]=C1c2ccccc2-c2ccccc21.[O-][Cl+3]([O-])([O-])[O-]. The van der Waals surface area contributed by atoms with Gasteiger partial charge in [-0.15, -0.1) is 10.2 Å². The highest BCUT2D eigenvalue weighted by Gasteiger charge is 2.30. The van der Waals surface area contributed by atoms with Crippen LogP contribution in [0.25, 0.3) is 11.1 Å². The Morgan fingerprint density at radius 2 is 1.00 bits per heavy atom. The Kier molecular flexibility index (Phi) is 4.89. The molecule has 0 unspecified atom stereocenters. The van der Waals surface area contributed by atoms with Gasteiger partial charge in [-0.2, -0.15) is 0 Å². The number of halogens is 1. The molecule has 0 aromatic heterocycles. The van der Waals surface area contributed by atoms with Crippen molar-refractivity contribution in [2.24, 2.45) is 0 Å². The van der Waals surface area contributed by atoms with Crippen molar-refractivity contribution in [3.05, 3.63) is 59.7 Å². The molecule has 2 aromatic rings. The van der Waals surface area contributed by atoms with Crippen molar-refractivity contribution >= 4 is 5.71 Å². The van der Waals surface area contributed by atoms with Crippen LogP contribution in [0.4, 0.5) is 0 Å². The first-order valence-corrected chi connectivity index (χ1v) is 8.26. The standard InChI is InChI=1S/C17H17N.ClHO4/c1-17(2,3)18-16-14-10-6-4-8-12(14)13-9-5-7-11-15(13)16;2-1(3,4)5/h4-11H,1-3H3;(H,2,3,4,5). The summed E-state index contributed by atoms with van der Waals surface area (Å²) in [5, 5.41) is 0. The lowest BCUT2D eigenvalue weighted by atomic mass is 10.1. The molecule has 0 spiro atoms. The van der Waals surface area contributed by atoms with E-state index in [1.54, 1.807) is 0 Å². The smallest absolute Gasteiger partial charge is 0.214 e. The fraction of sp³-hybridized carbons (Fsp3) is 0.235. The van der Waals surface area contributed by atoms with E-state index in [-0.39, 0.29) is 5.54 Å². The van der Waals surface area contributed by atoms with Gasteiger partial charge in [0.1, 0.15) is 0 Å². The van der Waals surface area contributed by atoms with E-state index in [2.05, 4.69) is 74.3 Å². The van der Waals surface area contributed by atoms with Crippen molar-refractivity contribution in [2.45, 2.75) is 26.3 Å². The maximum Gasteiger partial charge on any atom is 0.214 e. The van der Waals surface area contributed by atoms with E-state index in [1.807, 2.05) is 0 Å². The van der Waals surface area contributed by atoms with E-state index >= 15 is 0 Å². The second-order valence-corrected chi connectivity index (χ2v) is 6.98. The molecule has 1 N–H and O–H groups in total. The summed E-state index contributed by atoms with van der Waals surface area (Å²) in [5.74, 6) is 0. The third kappa shape index (κ3) is 4.86. The maximum atomic E-state index is 8.49. The fourth-order valence-electron chi connectivity index (χ4n) is 2.53. The zero-order chi connectivity index (χ0) is 17.3. The summed E-state index contributed by atoms with van der Waals surface area (Å²) < 4.78 is 34.0. The molecule has 0 radical (unpaired) electrons. The van der Waals surface area contributed by atoms with Gasteiger partial charge in [0.2, 0.25) is 5.71 Å². The number of hydrogen-bond acceptors (Lipinski definition) is 4. The van der Waals surface area contributed by atoms with Gasteiger partial charge in [-0.1, -0.05) is 36.4 Å². The number of benzene rings is 2. The minimum Gasteiger partial charge on any atom is -0.237 e. The fourth-order valence-corrected chi connectivity index (χ4v) is 2.53. The average molecular weight is 336 g/mol. The molecule has 0 heterocycles. The van der Waals surface area contributed by atoms with Crippen LogP contribution in [-0.2, 0) is 0 Å². The quantitative estimate of drug-likeness (QED) is 0.495. The largest absolute Gasteiger partial charge is 0.237 e. The van der Waals surface area contributed by atoms with E-state index in [9.17, 15) is 0 Å². The Hall–Kier alpha value is -1.76. The molecule has 0 saturated heterocycles. The summed E-state index contributed by atoms with van der Waals surface area (Å²) in [6, 6.07) is 17.2. The highest BCUT2D eigenvalue weighted by Crippen LogP contribution is 2.34. The molecule has 0 bridgehead atoms. The third-order valence-electron chi connectivity index (χ3n) is 3.18. The van der Waals surface area contributed by atoms with Crippen LogP contribution in [0.2, 0.25) is 0 Å². The van der Waals surface area contributed by atoms with Crippen molar-refractivity contribution in [1.29, 1.82) is 0 Å². The van der Waals surface area contributed by atoms with Crippen molar-refractivity contribution in [1.82, 2.24) is 0 Å². The molecule has 0 aliphatic heterocycles. The molecule has 2 aromatic carbocycles. The summed E-state index contributed by atoms with van der Waals surface area (Å²) in [6.07, 6.45) is 0. The van der Waals surface area contributed by atoms with E-state index in [0.717, 1.165) is 0 Å². The molecule has 122 valence electrons. The Morgan fingerprint density at radius 1 is 0.696 bits per heavy atom. The molecule has 23 heavy (non-hydrogen) atoms. The van der Waals surface area contributed by atoms with Gasteiger partial charge in [-0.3, -0.25) is 0 Å². The summed E-state index contributed by atoms with van der Waals surface area (Å²) >= 11 is 0. The van der Waals surface area contributed by atoms with E-state index in [0.29, 0.717) is 0 Å². The topological polar surface area (TPSA) is 106 Å². The summed E-state index contributed by atoms with van der Waals surface area (Å²) in [5.41, 5.74) is 6.62. The molecule has 6 heteroatoms. The minimum atomic E-state index is -4.94.